The Kier molecular flexibility index (Phi) is 8.51. The summed E-state index contributed by atoms with van der Waals surface area (Å²) >= 11 is 0. The number of rotatable bonds is 10. The molecule has 2 aromatic carbocycles. The normalized spacial score (nSPS) is 15.6. The molecule has 8 heteroatoms. The topological polar surface area (TPSA) is 85.9 Å². The van der Waals surface area contributed by atoms with Crippen molar-refractivity contribution in [1.82, 2.24) is 10.6 Å². The van der Waals surface area contributed by atoms with Crippen molar-refractivity contribution < 1.29 is 28.2 Å². The van der Waals surface area contributed by atoms with Gasteiger partial charge >= 0.3 is 12.0 Å². The molecule has 1 unspecified atom stereocenters. The number of halogens is 1. The van der Waals surface area contributed by atoms with E-state index in [1.165, 1.54) is 12.1 Å². The Hall–Kier alpha value is -3.55. The summed E-state index contributed by atoms with van der Waals surface area (Å²) in [7, 11) is 0. The van der Waals surface area contributed by atoms with Crippen LogP contribution in [0.2, 0.25) is 0 Å². The Labute approximate surface area is 199 Å². The predicted molar refractivity (Wildman–Crippen MR) is 126 cm³/mol. The number of urea groups is 1. The minimum Gasteiger partial charge on any atom is -0.490 e. The van der Waals surface area contributed by atoms with E-state index >= 15 is 0 Å². The Morgan fingerprint density at radius 3 is 2.44 bits per heavy atom. The van der Waals surface area contributed by atoms with Crippen LogP contribution in [0.15, 0.2) is 53.7 Å². The Balaban J connectivity index is 1.94. The van der Waals surface area contributed by atoms with Crippen LogP contribution >= 0.6 is 0 Å². The number of hydrogen-bond acceptors (Lipinski definition) is 5. The number of benzene rings is 2. The van der Waals surface area contributed by atoms with Gasteiger partial charge in [-0.15, -0.1) is 0 Å². The number of allylic oxidation sites excluding steroid dienone is 1. The van der Waals surface area contributed by atoms with Gasteiger partial charge in [-0.25, -0.2) is 14.0 Å². The van der Waals surface area contributed by atoms with E-state index in [1.807, 2.05) is 13.8 Å². The van der Waals surface area contributed by atoms with Gasteiger partial charge in [-0.05, 0) is 62.6 Å². The molecule has 7 nitrogen and oxygen atoms in total. The van der Waals surface area contributed by atoms with E-state index in [1.54, 1.807) is 44.2 Å². The van der Waals surface area contributed by atoms with E-state index in [9.17, 15) is 14.0 Å². The van der Waals surface area contributed by atoms with Crippen LogP contribution in [0.5, 0.6) is 11.5 Å². The number of esters is 1. The lowest BCUT2D eigenvalue weighted by Gasteiger charge is -2.30. The van der Waals surface area contributed by atoms with Crippen molar-refractivity contribution in [2.75, 3.05) is 6.61 Å². The van der Waals surface area contributed by atoms with Gasteiger partial charge in [-0.3, -0.25) is 0 Å². The van der Waals surface area contributed by atoms with E-state index in [4.69, 9.17) is 14.2 Å². The van der Waals surface area contributed by atoms with Crippen LogP contribution in [0.3, 0.4) is 0 Å². The molecule has 1 atom stereocenters. The zero-order valence-corrected chi connectivity index (χ0v) is 19.9. The van der Waals surface area contributed by atoms with Gasteiger partial charge in [0.2, 0.25) is 0 Å². The molecule has 2 aromatic rings. The molecular weight excluding hydrogens is 439 g/mol. The van der Waals surface area contributed by atoms with Crippen LogP contribution in [0.1, 0.15) is 57.7 Å². The zero-order chi connectivity index (χ0) is 24.7. The fourth-order valence-corrected chi connectivity index (χ4v) is 3.67. The molecule has 0 saturated carbocycles. The molecule has 1 heterocycles. The number of nitrogens with one attached hydrogen (secondary N) is 2. The fraction of sp³-hybridized carbons (Fsp3) is 0.385. The zero-order valence-electron chi connectivity index (χ0n) is 19.9. The van der Waals surface area contributed by atoms with E-state index in [2.05, 4.69) is 10.6 Å². The predicted octanol–water partition coefficient (Wildman–Crippen LogP) is 5.16. The molecule has 182 valence electrons. The van der Waals surface area contributed by atoms with E-state index in [-0.39, 0.29) is 24.6 Å². The molecule has 0 aromatic heterocycles. The minimum absolute atomic E-state index is 0.232. The number of amides is 2. The van der Waals surface area contributed by atoms with Crippen LogP contribution in [0.25, 0.3) is 0 Å². The SMILES string of the molecule is CCCC1=C(C(=O)OC(C)C)C(c2ccc(OCc3ccc(F)cc3)c(OCC)c2)NC(=O)N1. The first kappa shape index (κ1) is 25.1. The maximum atomic E-state index is 13.2. The standard InChI is InChI=1S/C26H31FN2O5/c1-5-7-20-23(25(30)34-16(3)4)24(29-26(31)28-20)18-10-13-21(22(14-18)32-6-2)33-15-17-8-11-19(27)12-9-17/h8-14,16,24H,5-7,15H2,1-4H3,(H2,28,29,31). The second-order valence-electron chi connectivity index (χ2n) is 8.18. The van der Waals surface area contributed by atoms with Gasteiger partial charge in [0.05, 0.1) is 24.3 Å². The summed E-state index contributed by atoms with van der Waals surface area (Å²) < 4.78 is 30.4. The van der Waals surface area contributed by atoms with Gasteiger partial charge in [0.25, 0.3) is 0 Å². The molecule has 0 bridgehead atoms. The van der Waals surface area contributed by atoms with Gasteiger partial charge in [0.1, 0.15) is 12.4 Å². The van der Waals surface area contributed by atoms with E-state index in [0.717, 1.165) is 12.0 Å². The highest BCUT2D eigenvalue weighted by Crippen LogP contribution is 2.36. The van der Waals surface area contributed by atoms with Crippen LogP contribution in [0.4, 0.5) is 9.18 Å². The van der Waals surface area contributed by atoms with Crippen molar-refractivity contribution in [3.63, 3.8) is 0 Å². The first-order valence-corrected chi connectivity index (χ1v) is 11.5. The second kappa shape index (κ2) is 11.5. The van der Waals surface area contributed by atoms with Gasteiger partial charge in [0, 0.05) is 5.70 Å². The third kappa shape index (κ3) is 6.27. The third-order valence-electron chi connectivity index (χ3n) is 5.12. The highest BCUT2D eigenvalue weighted by Gasteiger charge is 2.34. The van der Waals surface area contributed by atoms with Crippen LogP contribution in [0, 0.1) is 5.82 Å². The molecular formula is C26H31FN2O5. The average Bonchev–Trinajstić information content (AvgIpc) is 2.78. The smallest absolute Gasteiger partial charge is 0.338 e. The summed E-state index contributed by atoms with van der Waals surface area (Å²) in [5, 5.41) is 5.60. The second-order valence-corrected chi connectivity index (χ2v) is 8.18. The minimum atomic E-state index is -0.702. The quantitative estimate of drug-likeness (QED) is 0.468. The van der Waals surface area contributed by atoms with Gasteiger partial charge in [-0.2, -0.15) is 0 Å². The molecule has 0 fully saturated rings. The lowest BCUT2D eigenvalue weighted by molar-refractivity contribution is -0.143. The molecule has 1 aliphatic rings. The van der Waals surface area contributed by atoms with Crippen LogP contribution < -0.4 is 20.1 Å². The molecule has 0 aliphatic carbocycles. The fourth-order valence-electron chi connectivity index (χ4n) is 3.67. The van der Waals surface area contributed by atoms with Crippen LogP contribution in [-0.4, -0.2) is 24.7 Å². The van der Waals surface area contributed by atoms with Gasteiger partial charge < -0.3 is 24.8 Å². The van der Waals surface area contributed by atoms with Crippen molar-refractivity contribution in [3.05, 3.63) is 70.7 Å². The third-order valence-corrected chi connectivity index (χ3v) is 5.12. The summed E-state index contributed by atoms with van der Waals surface area (Å²) in [6.45, 7) is 8.02. The summed E-state index contributed by atoms with van der Waals surface area (Å²) in [6.07, 6.45) is 0.979. The van der Waals surface area contributed by atoms with Gasteiger partial charge in [-0.1, -0.05) is 31.5 Å². The maximum absolute atomic E-state index is 13.2. The number of carbonyl (C=O) groups is 2. The molecule has 34 heavy (non-hydrogen) atoms. The van der Waals surface area contributed by atoms with E-state index in [0.29, 0.717) is 41.4 Å². The van der Waals surface area contributed by atoms with Crippen molar-refractivity contribution in [2.24, 2.45) is 0 Å². The number of ether oxygens (including phenoxy) is 3. The molecule has 1 aliphatic heterocycles. The molecule has 2 amide bonds. The van der Waals surface area contributed by atoms with Crippen LogP contribution in [-0.2, 0) is 16.1 Å². The Bertz CT molecular complexity index is 1050. The Morgan fingerprint density at radius 2 is 1.79 bits per heavy atom. The van der Waals surface area contributed by atoms with Crippen molar-refractivity contribution in [2.45, 2.75) is 59.3 Å². The number of carbonyl (C=O) groups excluding carboxylic acids is 2. The summed E-state index contributed by atoms with van der Waals surface area (Å²) in [4.78, 5) is 25.4. The molecule has 3 rings (SSSR count). The molecule has 2 N–H and O–H groups in total. The lowest BCUT2D eigenvalue weighted by Crippen LogP contribution is -2.46. The lowest BCUT2D eigenvalue weighted by atomic mass is 9.93. The average molecular weight is 471 g/mol. The monoisotopic (exact) mass is 470 g/mol. The molecule has 0 spiro atoms. The van der Waals surface area contributed by atoms with Crippen molar-refractivity contribution in [3.8, 4) is 11.5 Å². The summed E-state index contributed by atoms with van der Waals surface area (Å²) in [5.41, 5.74) is 2.40. The Morgan fingerprint density at radius 1 is 1.06 bits per heavy atom. The first-order chi connectivity index (χ1) is 16.3. The highest BCUT2D eigenvalue weighted by molar-refractivity contribution is 5.95. The first-order valence-electron chi connectivity index (χ1n) is 11.5. The summed E-state index contributed by atoms with van der Waals surface area (Å²) in [5.74, 6) is 0.183. The molecule has 0 saturated heterocycles. The van der Waals surface area contributed by atoms with E-state index < -0.39 is 12.0 Å². The van der Waals surface area contributed by atoms with Crippen molar-refractivity contribution >= 4 is 12.0 Å². The van der Waals surface area contributed by atoms with Gasteiger partial charge in [0.15, 0.2) is 11.5 Å². The summed E-state index contributed by atoms with van der Waals surface area (Å²) in [6, 6.07) is 10.3. The molecule has 0 radical (unpaired) electrons. The maximum Gasteiger partial charge on any atom is 0.338 e. The number of hydrogen-bond donors (Lipinski definition) is 2. The van der Waals surface area contributed by atoms with Crippen molar-refractivity contribution in [1.29, 1.82) is 0 Å². The highest BCUT2D eigenvalue weighted by atomic mass is 19.1. The largest absolute Gasteiger partial charge is 0.490 e.